The molecule has 5 rings (SSSR count). The minimum absolute atomic E-state index is 0.109. The number of aryl methyl sites for hydroxylation is 1. The summed E-state index contributed by atoms with van der Waals surface area (Å²) in [6.07, 6.45) is 0.305. The van der Waals surface area contributed by atoms with Crippen molar-refractivity contribution in [2.45, 2.75) is 70.9 Å². The molecule has 1 aliphatic rings. The number of anilines is 1. The van der Waals surface area contributed by atoms with Crippen LogP contribution in [-0.2, 0) is 29.2 Å². The maximum Gasteiger partial charge on any atom is 0.249 e. The van der Waals surface area contributed by atoms with E-state index < -0.39 is 17.7 Å². The van der Waals surface area contributed by atoms with Crippen LogP contribution in [0.3, 0.4) is 0 Å². The van der Waals surface area contributed by atoms with Gasteiger partial charge in [-0.25, -0.2) is 4.39 Å². The van der Waals surface area contributed by atoms with E-state index >= 15 is 0 Å². The number of fused-ring (bicyclic) bond motifs is 2. The van der Waals surface area contributed by atoms with Crippen LogP contribution in [0, 0.1) is 5.82 Å². The molecule has 232 valence electrons. The number of β-amino-alcohol motifs (C(OH)–C–C–N with tert-alkyl or cyclic N) is 1. The maximum absolute atomic E-state index is 14.3. The quantitative estimate of drug-likeness (QED) is 0.175. The molecule has 10 heteroatoms. The van der Waals surface area contributed by atoms with Gasteiger partial charge < -0.3 is 30.2 Å². The van der Waals surface area contributed by atoms with Gasteiger partial charge in [-0.15, -0.1) is 0 Å². The Labute approximate surface area is 264 Å². The van der Waals surface area contributed by atoms with E-state index in [0.717, 1.165) is 26.5 Å². The molecule has 0 spiro atoms. The SMILES string of the molecule is C[C@@H](O)CNC(C)(C)CC(=O)N[C@@H]1CCc2cc(F)ccc2N(Cc2ccc3oc(-c4ccccc4CO)c(Br)c3c2)C1=O. The summed E-state index contributed by atoms with van der Waals surface area (Å²) in [6, 6.07) is 16.7. The van der Waals surface area contributed by atoms with Gasteiger partial charge in [0.1, 0.15) is 23.2 Å². The average Bonchev–Trinajstić information content (AvgIpc) is 3.25. The van der Waals surface area contributed by atoms with Crippen LogP contribution in [0.1, 0.15) is 50.3 Å². The Hall–Kier alpha value is -3.57. The highest BCUT2D eigenvalue weighted by atomic mass is 79.9. The number of hydrogen-bond acceptors (Lipinski definition) is 6. The fourth-order valence-corrected chi connectivity index (χ4v) is 6.23. The van der Waals surface area contributed by atoms with E-state index in [4.69, 9.17) is 4.42 Å². The van der Waals surface area contributed by atoms with Crippen molar-refractivity contribution < 1.29 is 28.6 Å². The lowest BCUT2D eigenvalue weighted by Gasteiger charge is -2.29. The largest absolute Gasteiger partial charge is 0.455 e. The lowest BCUT2D eigenvalue weighted by molar-refractivity contribution is -0.128. The average molecular weight is 667 g/mol. The lowest BCUT2D eigenvalue weighted by Crippen LogP contribution is -2.51. The summed E-state index contributed by atoms with van der Waals surface area (Å²) < 4.78 is 21.2. The van der Waals surface area contributed by atoms with E-state index in [1.54, 1.807) is 17.9 Å². The van der Waals surface area contributed by atoms with E-state index in [0.29, 0.717) is 42.0 Å². The standard InChI is InChI=1S/C34H37BrFN3O5/c1-20(41)17-37-34(2,3)16-30(42)38-27-11-9-22-15-24(36)10-12-28(22)39(33(27)43)18-21-8-13-29-26(14-21)31(35)32(44-29)25-7-5-4-6-23(25)19-40/h4-8,10,12-15,20,27,37,40-41H,9,11,16-19H2,1-3H3,(H,38,42)/t20-,27-/m1/s1. The van der Waals surface area contributed by atoms with Crippen molar-refractivity contribution in [1.82, 2.24) is 10.6 Å². The first-order valence-electron chi connectivity index (χ1n) is 14.7. The summed E-state index contributed by atoms with van der Waals surface area (Å²) in [5.41, 5.74) is 3.69. The first kappa shape index (κ1) is 31.8. The summed E-state index contributed by atoms with van der Waals surface area (Å²) in [7, 11) is 0. The molecular weight excluding hydrogens is 629 g/mol. The molecule has 0 saturated carbocycles. The molecule has 0 fully saturated rings. The second-order valence-electron chi connectivity index (χ2n) is 12.0. The second kappa shape index (κ2) is 13.2. The summed E-state index contributed by atoms with van der Waals surface area (Å²) in [4.78, 5) is 28.7. The molecule has 0 radical (unpaired) electrons. The van der Waals surface area contributed by atoms with Gasteiger partial charge in [0.15, 0.2) is 0 Å². The van der Waals surface area contributed by atoms with Gasteiger partial charge in [-0.1, -0.05) is 30.3 Å². The summed E-state index contributed by atoms with van der Waals surface area (Å²) in [6.45, 7) is 5.81. The highest BCUT2D eigenvalue weighted by Gasteiger charge is 2.33. The molecule has 1 aliphatic heterocycles. The number of nitrogens with one attached hydrogen (secondary N) is 2. The second-order valence-corrected chi connectivity index (χ2v) is 12.8. The smallest absolute Gasteiger partial charge is 0.249 e. The van der Waals surface area contributed by atoms with Crippen LogP contribution in [0.25, 0.3) is 22.3 Å². The van der Waals surface area contributed by atoms with Crippen molar-refractivity contribution in [3.63, 3.8) is 0 Å². The van der Waals surface area contributed by atoms with Crippen LogP contribution in [0.5, 0.6) is 0 Å². The van der Waals surface area contributed by atoms with Crippen LogP contribution in [-0.4, -0.2) is 46.3 Å². The van der Waals surface area contributed by atoms with Gasteiger partial charge in [-0.05, 0) is 96.6 Å². The molecule has 2 atom stereocenters. The zero-order valence-corrected chi connectivity index (χ0v) is 26.6. The predicted octanol–water partition coefficient (Wildman–Crippen LogP) is 5.60. The normalized spacial score (nSPS) is 16.1. The van der Waals surface area contributed by atoms with Crippen LogP contribution in [0.15, 0.2) is 69.6 Å². The Kier molecular flexibility index (Phi) is 9.55. The lowest BCUT2D eigenvalue weighted by atomic mass is 9.99. The first-order valence-corrected chi connectivity index (χ1v) is 15.5. The molecule has 0 unspecified atom stereocenters. The van der Waals surface area contributed by atoms with Crippen molar-refractivity contribution in [2.24, 2.45) is 0 Å². The number of furan rings is 1. The van der Waals surface area contributed by atoms with Crippen molar-refractivity contribution in [3.8, 4) is 11.3 Å². The number of rotatable bonds is 10. The zero-order valence-electron chi connectivity index (χ0n) is 25.0. The Morgan fingerprint density at radius 1 is 1.18 bits per heavy atom. The molecular formula is C34H37BrFN3O5. The van der Waals surface area contributed by atoms with Gasteiger partial charge in [-0.2, -0.15) is 0 Å². The van der Waals surface area contributed by atoms with Gasteiger partial charge in [0.25, 0.3) is 0 Å². The molecule has 3 aromatic carbocycles. The summed E-state index contributed by atoms with van der Waals surface area (Å²) >= 11 is 3.68. The Bertz CT molecular complexity index is 1680. The molecule has 4 aromatic rings. The molecule has 4 N–H and O–H groups in total. The number of amides is 2. The summed E-state index contributed by atoms with van der Waals surface area (Å²) in [5, 5.41) is 26.4. The fourth-order valence-electron chi connectivity index (χ4n) is 5.63. The van der Waals surface area contributed by atoms with Crippen molar-refractivity contribution in [2.75, 3.05) is 11.4 Å². The summed E-state index contributed by atoms with van der Waals surface area (Å²) in [5.74, 6) is -0.351. The Morgan fingerprint density at radius 2 is 1.95 bits per heavy atom. The van der Waals surface area contributed by atoms with Crippen LogP contribution in [0.4, 0.5) is 10.1 Å². The van der Waals surface area contributed by atoms with E-state index in [-0.39, 0.29) is 37.2 Å². The fraction of sp³-hybridized carbons (Fsp3) is 0.353. The molecule has 0 aliphatic carbocycles. The Balaban J connectivity index is 1.43. The zero-order chi connectivity index (χ0) is 31.6. The number of benzene rings is 3. The van der Waals surface area contributed by atoms with Gasteiger partial charge in [0.2, 0.25) is 11.8 Å². The van der Waals surface area contributed by atoms with Gasteiger partial charge >= 0.3 is 0 Å². The number of halogens is 2. The predicted molar refractivity (Wildman–Crippen MR) is 171 cm³/mol. The van der Waals surface area contributed by atoms with Crippen LogP contribution < -0.4 is 15.5 Å². The minimum Gasteiger partial charge on any atom is -0.455 e. The third-order valence-corrected chi connectivity index (χ3v) is 8.66. The number of carbonyl (C=O) groups excluding carboxylic acids is 2. The highest BCUT2D eigenvalue weighted by Crippen LogP contribution is 2.40. The number of aliphatic hydroxyl groups is 2. The van der Waals surface area contributed by atoms with E-state index in [1.165, 1.54) is 12.1 Å². The van der Waals surface area contributed by atoms with Crippen LogP contribution in [0.2, 0.25) is 0 Å². The molecule has 2 amide bonds. The number of hydrogen-bond donors (Lipinski definition) is 4. The van der Waals surface area contributed by atoms with Gasteiger partial charge in [0.05, 0.1) is 23.7 Å². The number of aliphatic hydroxyl groups excluding tert-OH is 2. The third-order valence-electron chi connectivity index (χ3n) is 7.88. The van der Waals surface area contributed by atoms with Crippen molar-refractivity contribution >= 4 is 44.4 Å². The molecule has 2 heterocycles. The molecule has 0 bridgehead atoms. The number of nitrogens with zero attached hydrogens (tertiary/aromatic N) is 1. The van der Waals surface area contributed by atoms with Crippen LogP contribution >= 0.6 is 15.9 Å². The third kappa shape index (κ3) is 7.04. The van der Waals surface area contributed by atoms with Crippen molar-refractivity contribution in [3.05, 3.63) is 87.6 Å². The van der Waals surface area contributed by atoms with Gasteiger partial charge in [-0.3, -0.25) is 9.59 Å². The number of carbonyl (C=O) groups is 2. The highest BCUT2D eigenvalue weighted by molar-refractivity contribution is 9.10. The Morgan fingerprint density at radius 3 is 2.70 bits per heavy atom. The first-order chi connectivity index (χ1) is 21.0. The van der Waals surface area contributed by atoms with Gasteiger partial charge in [0, 0.05) is 35.1 Å². The molecule has 8 nitrogen and oxygen atoms in total. The molecule has 1 aromatic heterocycles. The topological polar surface area (TPSA) is 115 Å². The maximum atomic E-state index is 14.3. The van der Waals surface area contributed by atoms with E-state index in [1.807, 2.05) is 56.3 Å². The molecule has 44 heavy (non-hydrogen) atoms. The minimum atomic E-state index is -0.795. The monoisotopic (exact) mass is 665 g/mol. The van der Waals surface area contributed by atoms with Crippen molar-refractivity contribution in [1.29, 1.82) is 0 Å². The van der Waals surface area contributed by atoms with E-state index in [2.05, 4.69) is 26.6 Å². The van der Waals surface area contributed by atoms with E-state index in [9.17, 15) is 24.2 Å². The molecule has 0 saturated heterocycles.